The van der Waals surface area contributed by atoms with Crippen molar-refractivity contribution in [2.24, 2.45) is 5.92 Å². The number of aromatic nitrogens is 2. The molecule has 2 heterocycles. The van der Waals surface area contributed by atoms with Crippen molar-refractivity contribution in [1.29, 1.82) is 0 Å². The summed E-state index contributed by atoms with van der Waals surface area (Å²) in [6, 6.07) is 11.4. The molecular formula is C20H28N4O2. The van der Waals surface area contributed by atoms with Crippen LogP contribution in [-0.2, 0) is 6.61 Å². The minimum absolute atomic E-state index is 0.0409. The number of amides is 1. The molecule has 6 heteroatoms. The number of carbonyl (C=O) groups excluding carboxylic acids is 1. The van der Waals surface area contributed by atoms with Gasteiger partial charge in [0, 0.05) is 20.1 Å². The summed E-state index contributed by atoms with van der Waals surface area (Å²) < 4.78 is 5.69. The summed E-state index contributed by atoms with van der Waals surface area (Å²) in [6.45, 7) is 6.66. The number of para-hydroxylation sites is 1. The Bertz CT molecular complexity index is 701. The Hall–Kier alpha value is -2.34. The maximum atomic E-state index is 12.6. The van der Waals surface area contributed by atoms with Crippen LogP contribution >= 0.6 is 0 Å². The van der Waals surface area contributed by atoms with Crippen LogP contribution in [0.3, 0.4) is 0 Å². The number of nitrogens with zero attached hydrogens (tertiary/aromatic N) is 3. The third-order valence-corrected chi connectivity index (χ3v) is 4.92. The first kappa shape index (κ1) is 18.5. The molecule has 0 unspecified atom stereocenters. The summed E-state index contributed by atoms with van der Waals surface area (Å²) in [6.07, 6.45) is 2.40. The molecule has 1 aliphatic heterocycles. The van der Waals surface area contributed by atoms with Gasteiger partial charge in [-0.3, -0.25) is 9.89 Å². The first-order valence-electron chi connectivity index (χ1n) is 9.35. The predicted molar refractivity (Wildman–Crippen MR) is 101 cm³/mol. The quantitative estimate of drug-likeness (QED) is 0.829. The zero-order valence-electron chi connectivity index (χ0n) is 15.6. The van der Waals surface area contributed by atoms with Crippen LogP contribution in [0, 0.1) is 5.92 Å². The lowest BCUT2D eigenvalue weighted by Gasteiger charge is -2.33. The van der Waals surface area contributed by atoms with Gasteiger partial charge in [0.1, 0.15) is 12.4 Å². The predicted octanol–water partition coefficient (Wildman–Crippen LogP) is 2.79. The van der Waals surface area contributed by atoms with Gasteiger partial charge in [-0.25, -0.2) is 0 Å². The van der Waals surface area contributed by atoms with E-state index in [-0.39, 0.29) is 5.91 Å². The first-order valence-corrected chi connectivity index (χ1v) is 9.35. The van der Waals surface area contributed by atoms with Gasteiger partial charge in [-0.15, -0.1) is 0 Å². The highest BCUT2D eigenvalue weighted by molar-refractivity contribution is 5.92. The number of nitrogens with one attached hydrogen (secondary N) is 1. The van der Waals surface area contributed by atoms with Crippen molar-refractivity contribution in [2.45, 2.75) is 26.4 Å². The zero-order valence-corrected chi connectivity index (χ0v) is 15.6. The fraction of sp³-hybridized carbons (Fsp3) is 0.500. The molecule has 6 nitrogen and oxygen atoms in total. The fourth-order valence-electron chi connectivity index (χ4n) is 3.48. The van der Waals surface area contributed by atoms with E-state index in [1.807, 2.05) is 37.4 Å². The van der Waals surface area contributed by atoms with Crippen molar-refractivity contribution in [1.82, 2.24) is 20.0 Å². The molecular weight excluding hydrogens is 328 g/mol. The number of hydrogen-bond acceptors (Lipinski definition) is 4. The van der Waals surface area contributed by atoms with Gasteiger partial charge in [0.05, 0.1) is 5.69 Å². The van der Waals surface area contributed by atoms with Crippen molar-refractivity contribution in [2.75, 3.05) is 33.2 Å². The van der Waals surface area contributed by atoms with Gasteiger partial charge in [0.15, 0.2) is 5.69 Å². The second-order valence-electron chi connectivity index (χ2n) is 6.97. The maximum absolute atomic E-state index is 12.6. The van der Waals surface area contributed by atoms with E-state index in [9.17, 15) is 4.79 Å². The molecule has 1 saturated heterocycles. The molecule has 1 fully saturated rings. The van der Waals surface area contributed by atoms with E-state index < -0.39 is 0 Å². The smallest absolute Gasteiger partial charge is 0.274 e. The normalized spacial score (nSPS) is 17.8. The Morgan fingerprint density at radius 2 is 2.19 bits per heavy atom. The Labute approximate surface area is 155 Å². The summed E-state index contributed by atoms with van der Waals surface area (Å²) in [5.41, 5.74) is 1.24. The summed E-state index contributed by atoms with van der Waals surface area (Å²) in [5, 5.41) is 7.07. The van der Waals surface area contributed by atoms with E-state index in [1.54, 1.807) is 11.0 Å². The number of aromatic amines is 1. The summed E-state index contributed by atoms with van der Waals surface area (Å²) >= 11 is 0. The van der Waals surface area contributed by atoms with Gasteiger partial charge < -0.3 is 14.5 Å². The molecule has 1 aromatic carbocycles. The standard InChI is InChI=1S/C20H28N4O2/c1-3-24-11-7-8-16(14-24)13-23(2)20(25)19-12-17(21-22-19)15-26-18-9-5-4-6-10-18/h4-6,9-10,12,16H,3,7-8,11,13-15H2,1-2H3,(H,21,22)/t16-/m1/s1. The van der Waals surface area contributed by atoms with Gasteiger partial charge in [0.2, 0.25) is 0 Å². The van der Waals surface area contributed by atoms with Gasteiger partial charge in [0.25, 0.3) is 5.91 Å². The second-order valence-corrected chi connectivity index (χ2v) is 6.97. The molecule has 1 N–H and O–H groups in total. The number of H-pyrrole nitrogens is 1. The SMILES string of the molecule is CCN1CCC[C@H](CN(C)C(=O)c2cc(COc3ccccc3)[nH]n2)C1. The van der Waals surface area contributed by atoms with Crippen LogP contribution in [0.1, 0.15) is 35.9 Å². The molecule has 26 heavy (non-hydrogen) atoms. The molecule has 1 atom stereocenters. The largest absolute Gasteiger partial charge is 0.487 e. The molecule has 1 aliphatic rings. The molecule has 1 amide bonds. The number of carbonyl (C=O) groups is 1. The lowest BCUT2D eigenvalue weighted by molar-refractivity contribution is 0.0727. The molecule has 1 aromatic heterocycles. The average Bonchev–Trinajstić information content (AvgIpc) is 3.15. The second kappa shape index (κ2) is 8.85. The lowest BCUT2D eigenvalue weighted by Crippen LogP contribution is -2.41. The number of ether oxygens (including phenoxy) is 1. The first-order chi connectivity index (χ1) is 12.7. The molecule has 0 bridgehead atoms. The third kappa shape index (κ3) is 4.85. The molecule has 0 radical (unpaired) electrons. The number of piperidine rings is 1. The van der Waals surface area contributed by atoms with Crippen LogP contribution in [0.2, 0.25) is 0 Å². The topological polar surface area (TPSA) is 61.5 Å². The van der Waals surface area contributed by atoms with E-state index in [1.165, 1.54) is 19.4 Å². The number of benzene rings is 1. The van der Waals surface area contributed by atoms with Crippen LogP contribution in [0.25, 0.3) is 0 Å². The Morgan fingerprint density at radius 3 is 2.96 bits per heavy atom. The number of rotatable bonds is 7. The van der Waals surface area contributed by atoms with Crippen molar-refractivity contribution >= 4 is 5.91 Å². The van der Waals surface area contributed by atoms with E-state index in [0.717, 1.165) is 31.1 Å². The highest BCUT2D eigenvalue weighted by Crippen LogP contribution is 2.18. The van der Waals surface area contributed by atoms with Crippen molar-refractivity contribution < 1.29 is 9.53 Å². The molecule has 0 saturated carbocycles. The van der Waals surface area contributed by atoms with Crippen LogP contribution in [-0.4, -0.2) is 59.1 Å². The number of hydrogen-bond donors (Lipinski definition) is 1. The highest BCUT2D eigenvalue weighted by Gasteiger charge is 2.23. The summed E-state index contributed by atoms with van der Waals surface area (Å²) in [7, 11) is 1.86. The number of likely N-dealkylation sites (tertiary alicyclic amines) is 1. The van der Waals surface area contributed by atoms with Gasteiger partial charge in [-0.1, -0.05) is 25.1 Å². The summed E-state index contributed by atoms with van der Waals surface area (Å²) in [4.78, 5) is 16.9. The molecule has 0 aliphatic carbocycles. The van der Waals surface area contributed by atoms with E-state index in [4.69, 9.17) is 4.74 Å². The van der Waals surface area contributed by atoms with E-state index in [2.05, 4.69) is 22.0 Å². The van der Waals surface area contributed by atoms with Crippen LogP contribution in [0.4, 0.5) is 0 Å². The van der Waals surface area contributed by atoms with E-state index in [0.29, 0.717) is 18.2 Å². The molecule has 140 valence electrons. The fourth-order valence-corrected chi connectivity index (χ4v) is 3.48. The van der Waals surface area contributed by atoms with Crippen LogP contribution in [0.15, 0.2) is 36.4 Å². The third-order valence-electron chi connectivity index (χ3n) is 4.92. The van der Waals surface area contributed by atoms with Crippen LogP contribution in [0.5, 0.6) is 5.75 Å². The van der Waals surface area contributed by atoms with Crippen molar-refractivity contribution in [3.05, 3.63) is 47.8 Å². The van der Waals surface area contributed by atoms with Gasteiger partial charge in [-0.05, 0) is 50.0 Å². The van der Waals surface area contributed by atoms with Gasteiger partial charge >= 0.3 is 0 Å². The molecule has 3 rings (SSSR count). The lowest BCUT2D eigenvalue weighted by atomic mass is 9.97. The van der Waals surface area contributed by atoms with Crippen LogP contribution < -0.4 is 4.74 Å². The minimum atomic E-state index is -0.0409. The minimum Gasteiger partial charge on any atom is -0.487 e. The Morgan fingerprint density at radius 1 is 1.38 bits per heavy atom. The highest BCUT2D eigenvalue weighted by atomic mass is 16.5. The van der Waals surface area contributed by atoms with Crippen molar-refractivity contribution in [3.63, 3.8) is 0 Å². The monoisotopic (exact) mass is 356 g/mol. The van der Waals surface area contributed by atoms with Gasteiger partial charge in [-0.2, -0.15) is 5.10 Å². The molecule has 2 aromatic rings. The Balaban J connectivity index is 1.52. The van der Waals surface area contributed by atoms with E-state index >= 15 is 0 Å². The molecule has 0 spiro atoms. The average molecular weight is 356 g/mol. The summed E-state index contributed by atoms with van der Waals surface area (Å²) in [5.74, 6) is 1.29. The Kier molecular flexibility index (Phi) is 6.28. The van der Waals surface area contributed by atoms with Crippen molar-refractivity contribution in [3.8, 4) is 5.75 Å². The zero-order chi connectivity index (χ0) is 18.4. The maximum Gasteiger partial charge on any atom is 0.274 e.